The molecule has 1 atom stereocenters. The van der Waals surface area contributed by atoms with E-state index in [-0.39, 0.29) is 18.4 Å². The maximum absolute atomic E-state index is 12.5. The van der Waals surface area contributed by atoms with E-state index in [9.17, 15) is 9.59 Å². The molecule has 0 unspecified atom stereocenters. The minimum Gasteiger partial charge on any atom is -0.394 e. The van der Waals surface area contributed by atoms with Crippen LogP contribution >= 0.6 is 0 Å². The van der Waals surface area contributed by atoms with Gasteiger partial charge < -0.3 is 47.6 Å². The minimum atomic E-state index is -0.590. The molecule has 0 aromatic rings. The molecular formula is C67H140N8O5. The fourth-order valence-corrected chi connectivity index (χ4v) is 11.0. The number of hydrogen-bond acceptors (Lipinski definition) is 11. The van der Waals surface area contributed by atoms with Crippen molar-refractivity contribution in [3.05, 3.63) is 0 Å². The van der Waals surface area contributed by atoms with Crippen molar-refractivity contribution in [1.29, 1.82) is 0 Å². The van der Waals surface area contributed by atoms with Crippen molar-refractivity contribution in [2.24, 2.45) is 5.92 Å². The summed E-state index contributed by atoms with van der Waals surface area (Å²) in [5.41, 5.74) is 0. The Labute approximate surface area is 496 Å². The molecule has 80 heavy (non-hydrogen) atoms. The highest BCUT2D eigenvalue weighted by Crippen LogP contribution is 2.18. The van der Waals surface area contributed by atoms with E-state index < -0.39 is 6.10 Å². The molecule has 0 saturated carbocycles. The normalized spacial score (nSPS) is 12.1. The molecule has 13 heteroatoms. The first kappa shape index (κ1) is 78.6. The van der Waals surface area contributed by atoms with Gasteiger partial charge in [-0.3, -0.25) is 14.8 Å². The number of amides is 2. The van der Waals surface area contributed by atoms with E-state index in [2.05, 4.69) is 47.4 Å². The molecule has 0 spiro atoms. The number of aliphatic hydroxyl groups is 1. The van der Waals surface area contributed by atoms with E-state index in [1.165, 1.54) is 263 Å². The summed E-state index contributed by atoms with van der Waals surface area (Å²) in [6.07, 6.45) is 60.2. The lowest BCUT2D eigenvalue weighted by molar-refractivity contribution is -0.286. The lowest BCUT2D eigenvalue weighted by atomic mass is 10.00. The van der Waals surface area contributed by atoms with Crippen LogP contribution in [0.4, 0.5) is 0 Å². The summed E-state index contributed by atoms with van der Waals surface area (Å²) in [5, 5.41) is 44.9. The van der Waals surface area contributed by atoms with Gasteiger partial charge in [-0.15, -0.1) is 0 Å². The Kier molecular flexibility index (Phi) is 68.8. The van der Waals surface area contributed by atoms with Gasteiger partial charge in [-0.1, -0.05) is 218 Å². The first-order chi connectivity index (χ1) is 39.6. The number of carbonyl (C=O) groups excluding carboxylic acids is 2. The Balaban J connectivity index is 3.49. The van der Waals surface area contributed by atoms with E-state index in [0.717, 1.165) is 97.8 Å². The summed E-state index contributed by atoms with van der Waals surface area (Å²) in [6.45, 7) is 12.4. The molecule has 0 rings (SSSR count). The molecule has 0 bridgehead atoms. The largest absolute Gasteiger partial charge is 0.394 e. The molecule has 0 aliphatic carbocycles. The van der Waals surface area contributed by atoms with Gasteiger partial charge in [0.25, 0.3) is 0 Å². The number of aliphatic hydroxyl groups excluding tert-OH is 1. The molecular weight excluding hydrogens is 997 g/mol. The second kappa shape index (κ2) is 70.1. The van der Waals surface area contributed by atoms with Gasteiger partial charge >= 0.3 is 0 Å². The van der Waals surface area contributed by atoms with Crippen LogP contribution in [0.25, 0.3) is 0 Å². The Hall–Kier alpha value is -1.42. The second-order valence-electron chi connectivity index (χ2n) is 24.2. The van der Waals surface area contributed by atoms with Crippen LogP contribution in [0.3, 0.4) is 0 Å². The fourth-order valence-electron chi connectivity index (χ4n) is 11.0. The number of rotatable bonds is 71. The van der Waals surface area contributed by atoms with Crippen LogP contribution in [0, 0.1) is 5.92 Å². The predicted octanol–water partition coefficient (Wildman–Crippen LogP) is 14.2. The summed E-state index contributed by atoms with van der Waals surface area (Å²) in [4.78, 5) is 28.5. The Morgan fingerprint density at radius 2 is 0.588 bits per heavy atom. The number of nitrogens with one attached hydrogen (secondary N) is 8. The smallest absolute Gasteiger partial charge is 0.219 e. The third-order valence-corrected chi connectivity index (χ3v) is 16.4. The molecule has 0 saturated heterocycles. The van der Waals surface area contributed by atoms with E-state index in [0.29, 0.717) is 31.6 Å². The fraction of sp³-hybridized carbons (Fsp3) is 0.970. The van der Waals surface area contributed by atoms with Gasteiger partial charge in [0.1, 0.15) is 6.10 Å². The number of carbonyl (C=O) groups is 2. The molecule has 0 aromatic heterocycles. The van der Waals surface area contributed by atoms with Crippen molar-refractivity contribution in [2.45, 2.75) is 314 Å². The van der Waals surface area contributed by atoms with Crippen molar-refractivity contribution in [1.82, 2.24) is 42.5 Å². The third-order valence-electron chi connectivity index (χ3n) is 16.4. The highest BCUT2D eigenvalue weighted by atomic mass is 17.1. The summed E-state index contributed by atoms with van der Waals surface area (Å²) in [6, 6.07) is 0. The maximum Gasteiger partial charge on any atom is 0.219 e. The van der Waals surface area contributed by atoms with Gasteiger partial charge in [0, 0.05) is 25.9 Å². The van der Waals surface area contributed by atoms with Crippen molar-refractivity contribution in [3.8, 4) is 0 Å². The molecule has 0 aromatic carbocycles. The zero-order chi connectivity index (χ0) is 57.8. The van der Waals surface area contributed by atoms with Crippen LogP contribution in [0.2, 0.25) is 0 Å². The molecule has 10 N–H and O–H groups in total. The summed E-state index contributed by atoms with van der Waals surface area (Å²) in [7, 11) is 4.04. The molecule has 0 aliphatic heterocycles. The van der Waals surface area contributed by atoms with Crippen LogP contribution in [-0.4, -0.2) is 128 Å². The molecule has 2 amide bonds. The van der Waals surface area contributed by atoms with Gasteiger partial charge in [0.2, 0.25) is 11.8 Å². The SMILES string of the molecule is CNCCCNCCCCNCC(CCCCCCNC(=O)CCCCCCCCCCCCCCCCCCCCCCCCCCCCCCCCCCCNC(=O)CCC[C@@H](CO)OO)CNCCCCNCCCNC. The monoisotopic (exact) mass is 1140 g/mol. The van der Waals surface area contributed by atoms with Crippen molar-refractivity contribution in [2.75, 3.05) is 99.2 Å². The third kappa shape index (κ3) is 65.7. The van der Waals surface area contributed by atoms with Gasteiger partial charge in [-0.25, -0.2) is 4.89 Å². The average molecular weight is 1140 g/mol. The molecule has 0 heterocycles. The summed E-state index contributed by atoms with van der Waals surface area (Å²) < 4.78 is 0. The van der Waals surface area contributed by atoms with E-state index >= 15 is 0 Å². The molecule has 478 valence electrons. The predicted molar refractivity (Wildman–Crippen MR) is 345 cm³/mol. The lowest BCUT2D eigenvalue weighted by Crippen LogP contribution is -2.32. The van der Waals surface area contributed by atoms with Crippen LogP contribution in [0.1, 0.15) is 308 Å². The van der Waals surface area contributed by atoms with Crippen LogP contribution in [-0.2, 0) is 14.5 Å². The molecule has 0 fully saturated rings. The van der Waals surface area contributed by atoms with Gasteiger partial charge in [-0.05, 0) is 163 Å². The van der Waals surface area contributed by atoms with Gasteiger partial charge in [0.15, 0.2) is 0 Å². The van der Waals surface area contributed by atoms with Crippen LogP contribution in [0.15, 0.2) is 0 Å². The standard InChI is InChI=1S/C67H140N8O5/c1-68-51-45-57-70-53-40-42-55-72-61-64(62-73-56-43-41-54-71-58-46-52-69-2)47-36-33-35-39-60-74-66(77)49-37-32-30-28-26-24-22-20-18-16-14-12-10-8-6-4-3-5-7-9-11-13-15-17-19-21-23-25-27-29-31-34-38-59-75-67(78)50-44-48-65(63-76)80-79/h64-65,68-73,76,79H,3-63H2,1-2H3,(H,74,77)(H,75,78)/t65-/m0/s1. The number of unbranched alkanes of at least 4 members (excludes halogenated alkanes) is 37. The van der Waals surface area contributed by atoms with Crippen LogP contribution < -0.4 is 42.5 Å². The highest BCUT2D eigenvalue weighted by molar-refractivity contribution is 5.76. The minimum absolute atomic E-state index is 0.0428. The van der Waals surface area contributed by atoms with Gasteiger partial charge in [0.05, 0.1) is 6.61 Å². The van der Waals surface area contributed by atoms with Gasteiger partial charge in [-0.2, -0.15) is 0 Å². The summed E-state index contributed by atoms with van der Waals surface area (Å²) >= 11 is 0. The first-order valence-corrected chi connectivity index (χ1v) is 35.1. The number of hydrogen-bond donors (Lipinski definition) is 10. The molecule has 13 nitrogen and oxygen atoms in total. The Morgan fingerprint density at radius 3 is 0.912 bits per heavy atom. The molecule has 0 aliphatic rings. The Morgan fingerprint density at radius 1 is 0.312 bits per heavy atom. The zero-order valence-electron chi connectivity index (χ0n) is 53.4. The Bertz CT molecular complexity index is 1160. The van der Waals surface area contributed by atoms with Crippen LogP contribution in [0.5, 0.6) is 0 Å². The van der Waals surface area contributed by atoms with Crippen molar-refractivity contribution in [3.63, 3.8) is 0 Å². The highest BCUT2D eigenvalue weighted by Gasteiger charge is 2.11. The second-order valence-corrected chi connectivity index (χ2v) is 24.2. The average Bonchev–Trinajstić information content (AvgIpc) is 3.46. The first-order valence-electron chi connectivity index (χ1n) is 35.1. The quantitative estimate of drug-likeness (QED) is 0.0159. The van der Waals surface area contributed by atoms with E-state index in [1.54, 1.807) is 0 Å². The van der Waals surface area contributed by atoms with Crippen molar-refractivity contribution >= 4 is 11.8 Å². The van der Waals surface area contributed by atoms with E-state index in [4.69, 9.17) is 10.4 Å². The van der Waals surface area contributed by atoms with E-state index in [1.807, 2.05) is 14.1 Å². The van der Waals surface area contributed by atoms with Crippen molar-refractivity contribution < 1.29 is 24.8 Å². The lowest BCUT2D eigenvalue weighted by Gasteiger charge is -2.19. The maximum atomic E-state index is 12.5. The summed E-state index contributed by atoms with van der Waals surface area (Å²) in [5.74, 6) is 0.984. The topological polar surface area (TPSA) is 180 Å². The zero-order valence-corrected chi connectivity index (χ0v) is 53.4. The molecule has 0 radical (unpaired) electrons.